The lowest BCUT2D eigenvalue weighted by Gasteiger charge is -2.26. The van der Waals surface area contributed by atoms with Crippen molar-refractivity contribution in [3.63, 3.8) is 0 Å². The van der Waals surface area contributed by atoms with Crippen LogP contribution in [0.25, 0.3) is 16.9 Å². The Morgan fingerprint density at radius 1 is 1.44 bits per heavy atom. The Balaban J connectivity index is 2.03. The summed E-state index contributed by atoms with van der Waals surface area (Å²) >= 11 is 0. The maximum atomic E-state index is 11.6. The third-order valence-electron chi connectivity index (χ3n) is 4.29. The summed E-state index contributed by atoms with van der Waals surface area (Å²) in [7, 11) is 1.57. The topological polar surface area (TPSA) is 85.8 Å². The van der Waals surface area contributed by atoms with Gasteiger partial charge in [0.15, 0.2) is 5.65 Å². The van der Waals surface area contributed by atoms with Crippen LogP contribution in [0.5, 0.6) is 5.88 Å². The molecule has 0 fully saturated rings. The average Bonchev–Trinajstić information content (AvgIpc) is 3.09. The lowest BCUT2D eigenvalue weighted by molar-refractivity contribution is 0.192. The molecule has 130 valence electrons. The summed E-state index contributed by atoms with van der Waals surface area (Å²) in [5.41, 5.74) is 8.82. The molecule has 0 saturated heterocycles. The number of nitrogens with two attached hydrogens (primary N) is 1. The van der Waals surface area contributed by atoms with Gasteiger partial charge < -0.3 is 19.8 Å². The summed E-state index contributed by atoms with van der Waals surface area (Å²) in [4.78, 5) is 22.0. The smallest absolute Gasteiger partial charge is 0.315 e. The molecule has 0 radical (unpaired) electrons. The van der Waals surface area contributed by atoms with Crippen molar-refractivity contribution in [1.29, 1.82) is 0 Å². The normalized spacial score (nSPS) is 12.1. The predicted octanol–water partition coefficient (Wildman–Crippen LogP) is 2.87. The minimum absolute atomic E-state index is 0.124. The highest BCUT2D eigenvalue weighted by atomic mass is 16.5. The van der Waals surface area contributed by atoms with Crippen LogP contribution in [0.4, 0.5) is 4.79 Å². The number of fused-ring (bicyclic) bond motifs is 1. The van der Waals surface area contributed by atoms with E-state index in [0.29, 0.717) is 18.1 Å². The number of rotatable bonds is 5. The van der Waals surface area contributed by atoms with Gasteiger partial charge in [-0.05, 0) is 25.5 Å². The Labute approximate surface area is 146 Å². The first-order chi connectivity index (χ1) is 12.0. The Morgan fingerprint density at radius 2 is 2.24 bits per heavy atom. The molecule has 25 heavy (non-hydrogen) atoms. The second kappa shape index (κ2) is 6.80. The van der Waals surface area contributed by atoms with E-state index >= 15 is 0 Å². The molecular formula is C18H21N5O2. The predicted molar refractivity (Wildman–Crippen MR) is 95.4 cm³/mol. The minimum Gasteiger partial charge on any atom is -0.478 e. The number of carbonyl (C=O) groups excluding carboxylic acids is 1. The molecule has 0 unspecified atom stereocenters. The summed E-state index contributed by atoms with van der Waals surface area (Å²) < 4.78 is 7.22. The molecule has 0 spiro atoms. The van der Waals surface area contributed by atoms with E-state index < -0.39 is 6.03 Å². The molecule has 2 heterocycles. The van der Waals surface area contributed by atoms with Crippen LogP contribution in [0.15, 0.2) is 42.9 Å². The molecule has 7 heteroatoms. The second-order valence-corrected chi connectivity index (χ2v) is 5.72. The molecule has 2 aromatic heterocycles. The van der Waals surface area contributed by atoms with Gasteiger partial charge in [0.2, 0.25) is 0 Å². The third kappa shape index (κ3) is 3.13. The maximum absolute atomic E-state index is 11.6. The van der Waals surface area contributed by atoms with E-state index in [1.54, 1.807) is 18.2 Å². The van der Waals surface area contributed by atoms with E-state index in [1.807, 2.05) is 54.9 Å². The number of benzene rings is 1. The zero-order valence-electron chi connectivity index (χ0n) is 14.5. The molecule has 1 atom stereocenters. The molecule has 2 N–H and O–H groups in total. The van der Waals surface area contributed by atoms with Crippen LogP contribution in [0.2, 0.25) is 0 Å². The maximum Gasteiger partial charge on any atom is 0.315 e. The van der Waals surface area contributed by atoms with Gasteiger partial charge in [-0.3, -0.25) is 0 Å². The van der Waals surface area contributed by atoms with Gasteiger partial charge in [-0.25, -0.2) is 14.8 Å². The van der Waals surface area contributed by atoms with Crippen molar-refractivity contribution in [1.82, 2.24) is 19.3 Å². The number of methoxy groups -OCH3 is 1. The van der Waals surface area contributed by atoms with Crippen molar-refractivity contribution in [3.8, 4) is 17.1 Å². The van der Waals surface area contributed by atoms with Gasteiger partial charge in [0.05, 0.1) is 18.8 Å². The Bertz CT molecular complexity index is 905. The SMILES string of the molecule is CCN(C(N)=O)[C@H](C)c1cccc(-c2cn3ccnc3c(OC)n2)c1. The summed E-state index contributed by atoms with van der Waals surface area (Å²) in [6, 6.07) is 7.36. The highest BCUT2D eigenvalue weighted by molar-refractivity contribution is 5.72. The van der Waals surface area contributed by atoms with Crippen molar-refractivity contribution >= 4 is 11.7 Å². The van der Waals surface area contributed by atoms with Gasteiger partial charge in [-0.1, -0.05) is 18.2 Å². The summed E-state index contributed by atoms with van der Waals surface area (Å²) in [6.45, 7) is 4.42. The van der Waals surface area contributed by atoms with E-state index in [0.717, 1.165) is 16.8 Å². The fraction of sp³-hybridized carbons (Fsp3) is 0.278. The zero-order chi connectivity index (χ0) is 18.0. The van der Waals surface area contributed by atoms with Crippen molar-refractivity contribution in [2.75, 3.05) is 13.7 Å². The Morgan fingerprint density at radius 3 is 2.92 bits per heavy atom. The first-order valence-electron chi connectivity index (χ1n) is 8.09. The van der Waals surface area contributed by atoms with Gasteiger partial charge in [0.25, 0.3) is 5.88 Å². The number of hydrogen-bond donors (Lipinski definition) is 1. The largest absolute Gasteiger partial charge is 0.478 e. The molecule has 7 nitrogen and oxygen atoms in total. The van der Waals surface area contributed by atoms with Crippen LogP contribution in [0, 0.1) is 0 Å². The number of urea groups is 1. The molecule has 3 aromatic rings. The number of carbonyl (C=O) groups is 1. The first-order valence-corrected chi connectivity index (χ1v) is 8.09. The van der Waals surface area contributed by atoms with Crippen LogP contribution in [0.1, 0.15) is 25.5 Å². The van der Waals surface area contributed by atoms with Crippen molar-refractivity contribution in [3.05, 3.63) is 48.4 Å². The van der Waals surface area contributed by atoms with E-state index in [2.05, 4.69) is 9.97 Å². The number of imidazole rings is 1. The first kappa shape index (κ1) is 16.8. The lowest BCUT2D eigenvalue weighted by atomic mass is 10.0. The molecule has 0 aliphatic heterocycles. The van der Waals surface area contributed by atoms with Crippen LogP contribution in [0.3, 0.4) is 0 Å². The minimum atomic E-state index is -0.431. The number of nitrogens with zero attached hydrogens (tertiary/aromatic N) is 4. The Kier molecular flexibility index (Phi) is 4.56. The van der Waals surface area contributed by atoms with Gasteiger partial charge in [0, 0.05) is 30.7 Å². The molecular weight excluding hydrogens is 318 g/mol. The van der Waals surface area contributed by atoms with Gasteiger partial charge in [-0.15, -0.1) is 0 Å². The molecule has 3 rings (SSSR count). The van der Waals surface area contributed by atoms with Crippen molar-refractivity contribution in [2.45, 2.75) is 19.9 Å². The van der Waals surface area contributed by atoms with Crippen LogP contribution < -0.4 is 10.5 Å². The highest BCUT2D eigenvalue weighted by Crippen LogP contribution is 2.27. The zero-order valence-corrected chi connectivity index (χ0v) is 14.5. The summed E-state index contributed by atoms with van der Waals surface area (Å²) in [5.74, 6) is 0.466. The number of aromatic nitrogens is 3. The van der Waals surface area contributed by atoms with E-state index in [1.165, 1.54) is 0 Å². The summed E-state index contributed by atoms with van der Waals surface area (Å²) in [6.07, 6.45) is 5.45. The molecule has 1 aromatic carbocycles. The molecule has 0 bridgehead atoms. The van der Waals surface area contributed by atoms with Gasteiger partial charge in [-0.2, -0.15) is 0 Å². The number of hydrogen-bond acceptors (Lipinski definition) is 4. The number of amides is 2. The molecule has 0 aliphatic carbocycles. The molecule has 2 amide bonds. The van der Waals surface area contributed by atoms with Gasteiger partial charge >= 0.3 is 6.03 Å². The van der Waals surface area contributed by atoms with Crippen molar-refractivity contribution in [2.24, 2.45) is 5.73 Å². The van der Waals surface area contributed by atoms with E-state index in [-0.39, 0.29) is 6.04 Å². The van der Waals surface area contributed by atoms with Crippen molar-refractivity contribution < 1.29 is 9.53 Å². The van der Waals surface area contributed by atoms with E-state index in [4.69, 9.17) is 10.5 Å². The lowest BCUT2D eigenvalue weighted by Crippen LogP contribution is -2.37. The fourth-order valence-electron chi connectivity index (χ4n) is 2.94. The van der Waals surface area contributed by atoms with Gasteiger partial charge in [0.1, 0.15) is 0 Å². The number of primary amides is 1. The highest BCUT2D eigenvalue weighted by Gasteiger charge is 2.18. The standard InChI is InChI=1S/C18H21N5O2/c1-4-23(18(19)24)12(2)13-6-5-7-14(10-13)15-11-22-9-8-20-16(22)17(21-15)25-3/h5-12H,4H2,1-3H3,(H2,19,24)/t12-/m1/s1. The third-order valence-corrected chi connectivity index (χ3v) is 4.29. The van der Waals surface area contributed by atoms with Crippen LogP contribution in [-0.4, -0.2) is 39.0 Å². The summed E-state index contributed by atoms with van der Waals surface area (Å²) in [5, 5.41) is 0. The molecule has 0 aliphatic rings. The molecule has 0 saturated carbocycles. The quantitative estimate of drug-likeness (QED) is 0.774. The van der Waals surface area contributed by atoms with Crippen LogP contribution >= 0.6 is 0 Å². The second-order valence-electron chi connectivity index (χ2n) is 5.72. The fourth-order valence-corrected chi connectivity index (χ4v) is 2.94. The Hall–Kier alpha value is -3.09. The monoisotopic (exact) mass is 339 g/mol. The number of ether oxygens (including phenoxy) is 1. The average molecular weight is 339 g/mol. The van der Waals surface area contributed by atoms with E-state index in [9.17, 15) is 4.79 Å². The van der Waals surface area contributed by atoms with Crippen LogP contribution in [-0.2, 0) is 0 Å².